The van der Waals surface area contributed by atoms with Crippen molar-refractivity contribution in [3.05, 3.63) is 35.4 Å². The van der Waals surface area contributed by atoms with E-state index in [1.165, 1.54) is 24.0 Å². The molecule has 0 spiro atoms. The van der Waals surface area contributed by atoms with Crippen LogP contribution in [0.1, 0.15) is 36.9 Å². The Labute approximate surface area is 121 Å². The summed E-state index contributed by atoms with van der Waals surface area (Å²) in [6.45, 7) is 5.39. The van der Waals surface area contributed by atoms with E-state index in [4.69, 9.17) is 4.74 Å². The Balaban J connectivity index is 1.90. The minimum atomic E-state index is 0.409. The maximum absolute atomic E-state index is 5.70. The molecule has 3 unspecified atom stereocenters. The van der Waals surface area contributed by atoms with Crippen molar-refractivity contribution < 1.29 is 4.74 Å². The van der Waals surface area contributed by atoms with E-state index in [2.05, 4.69) is 43.4 Å². The molecule has 1 heterocycles. The predicted molar refractivity (Wildman–Crippen MR) is 83.9 cm³/mol. The van der Waals surface area contributed by atoms with Gasteiger partial charge in [-0.1, -0.05) is 36.8 Å². The van der Waals surface area contributed by atoms with E-state index in [1.807, 2.05) is 18.8 Å². The maximum atomic E-state index is 5.70. The summed E-state index contributed by atoms with van der Waals surface area (Å²) in [6, 6.07) is 9.26. The Morgan fingerprint density at radius 1 is 1.37 bits per heavy atom. The summed E-state index contributed by atoms with van der Waals surface area (Å²) in [7, 11) is 2.05. The molecule has 0 bridgehead atoms. The van der Waals surface area contributed by atoms with E-state index in [1.54, 1.807) is 0 Å². The molecule has 1 aliphatic heterocycles. The highest BCUT2D eigenvalue weighted by Crippen LogP contribution is 2.28. The van der Waals surface area contributed by atoms with Gasteiger partial charge in [-0.2, -0.15) is 11.8 Å². The van der Waals surface area contributed by atoms with Crippen LogP contribution in [0.15, 0.2) is 24.3 Å². The smallest absolute Gasteiger partial charge is 0.0666 e. The van der Waals surface area contributed by atoms with Crippen molar-refractivity contribution in [3.63, 3.8) is 0 Å². The van der Waals surface area contributed by atoms with Crippen LogP contribution < -0.4 is 5.32 Å². The summed E-state index contributed by atoms with van der Waals surface area (Å²) in [6.07, 6.45) is 2.93. The summed E-state index contributed by atoms with van der Waals surface area (Å²) in [5.74, 6) is 1.12. The highest BCUT2D eigenvalue weighted by atomic mass is 32.2. The van der Waals surface area contributed by atoms with Gasteiger partial charge in [-0.15, -0.1) is 0 Å². The molecule has 0 amide bonds. The zero-order valence-electron chi connectivity index (χ0n) is 12.2. The van der Waals surface area contributed by atoms with Crippen molar-refractivity contribution in [2.75, 3.05) is 19.4 Å². The van der Waals surface area contributed by atoms with E-state index < -0.39 is 0 Å². The van der Waals surface area contributed by atoms with Crippen molar-refractivity contribution in [1.82, 2.24) is 5.32 Å². The second-order valence-corrected chi connectivity index (χ2v) is 6.76. The molecule has 1 aromatic carbocycles. The summed E-state index contributed by atoms with van der Waals surface area (Å²) in [4.78, 5) is 0. The van der Waals surface area contributed by atoms with Crippen LogP contribution in [-0.4, -0.2) is 30.8 Å². The number of rotatable bonds is 6. The maximum Gasteiger partial charge on any atom is 0.0666 e. The second-order valence-electron chi connectivity index (χ2n) is 5.35. The first-order valence-corrected chi connectivity index (χ1v) is 8.22. The van der Waals surface area contributed by atoms with Gasteiger partial charge in [0.05, 0.1) is 6.10 Å². The minimum Gasteiger partial charge on any atom is -0.377 e. The third-order valence-corrected chi connectivity index (χ3v) is 5.15. The molecule has 1 N–H and O–H groups in total. The van der Waals surface area contributed by atoms with Gasteiger partial charge in [-0.25, -0.2) is 0 Å². The monoisotopic (exact) mass is 279 g/mol. The third kappa shape index (κ3) is 4.23. The topological polar surface area (TPSA) is 21.3 Å². The van der Waals surface area contributed by atoms with Crippen molar-refractivity contribution in [2.24, 2.45) is 0 Å². The molecule has 19 heavy (non-hydrogen) atoms. The van der Waals surface area contributed by atoms with Crippen LogP contribution >= 0.6 is 11.8 Å². The first-order valence-electron chi connectivity index (χ1n) is 7.17. The zero-order chi connectivity index (χ0) is 13.7. The number of nitrogens with one attached hydrogen (secondary N) is 1. The quantitative estimate of drug-likeness (QED) is 0.860. The summed E-state index contributed by atoms with van der Waals surface area (Å²) in [5, 5.41) is 4.00. The van der Waals surface area contributed by atoms with Gasteiger partial charge in [0.25, 0.3) is 0 Å². The van der Waals surface area contributed by atoms with Crippen molar-refractivity contribution in [2.45, 2.75) is 44.1 Å². The van der Waals surface area contributed by atoms with E-state index in [9.17, 15) is 0 Å². The fourth-order valence-electron chi connectivity index (χ4n) is 2.58. The van der Waals surface area contributed by atoms with E-state index in [0.29, 0.717) is 17.4 Å². The molecule has 0 radical (unpaired) electrons. The zero-order valence-corrected chi connectivity index (χ0v) is 13.0. The molecule has 1 aliphatic rings. The highest BCUT2D eigenvalue weighted by Gasteiger charge is 2.21. The Kier molecular flexibility index (Phi) is 5.74. The highest BCUT2D eigenvalue weighted by molar-refractivity contribution is 7.99. The van der Waals surface area contributed by atoms with Gasteiger partial charge < -0.3 is 10.1 Å². The van der Waals surface area contributed by atoms with Crippen LogP contribution in [0.2, 0.25) is 0 Å². The SMILES string of the molecule is CNC(c1ccc(C)cc1)C(C)SCC1CCCO1. The molecule has 3 atom stereocenters. The lowest BCUT2D eigenvalue weighted by molar-refractivity contribution is 0.128. The fourth-order valence-corrected chi connectivity index (χ4v) is 3.84. The molecule has 3 heteroatoms. The molecule has 106 valence electrons. The van der Waals surface area contributed by atoms with Gasteiger partial charge in [0.2, 0.25) is 0 Å². The summed E-state index contributed by atoms with van der Waals surface area (Å²) in [5.41, 5.74) is 2.69. The van der Waals surface area contributed by atoms with Crippen LogP contribution in [0.4, 0.5) is 0 Å². The van der Waals surface area contributed by atoms with Gasteiger partial charge >= 0.3 is 0 Å². The lowest BCUT2D eigenvalue weighted by atomic mass is 10.0. The van der Waals surface area contributed by atoms with Crippen LogP contribution in [-0.2, 0) is 4.74 Å². The molecule has 2 nitrogen and oxygen atoms in total. The van der Waals surface area contributed by atoms with E-state index >= 15 is 0 Å². The van der Waals surface area contributed by atoms with Crippen LogP contribution in [0.5, 0.6) is 0 Å². The first kappa shape index (κ1) is 14.9. The minimum absolute atomic E-state index is 0.409. The second kappa shape index (κ2) is 7.32. The third-order valence-electron chi connectivity index (χ3n) is 3.79. The molecule has 0 aromatic heterocycles. The Bertz CT molecular complexity index is 373. The van der Waals surface area contributed by atoms with Gasteiger partial charge in [-0.05, 0) is 32.4 Å². The Morgan fingerprint density at radius 3 is 2.68 bits per heavy atom. The predicted octanol–water partition coefficient (Wildman–Crippen LogP) is 3.56. The molecule has 1 fully saturated rings. The Morgan fingerprint density at radius 2 is 2.11 bits per heavy atom. The standard InChI is InChI=1S/C16H25NOS/c1-12-6-8-14(9-7-12)16(17-3)13(2)19-11-15-5-4-10-18-15/h6-9,13,15-17H,4-5,10-11H2,1-3H3. The largest absolute Gasteiger partial charge is 0.377 e. The normalized spacial score (nSPS) is 22.4. The number of hydrogen-bond donors (Lipinski definition) is 1. The number of aryl methyl sites for hydroxylation is 1. The van der Waals surface area contributed by atoms with Crippen molar-refractivity contribution >= 4 is 11.8 Å². The van der Waals surface area contributed by atoms with Gasteiger partial charge in [-0.3, -0.25) is 0 Å². The number of hydrogen-bond acceptors (Lipinski definition) is 3. The summed E-state index contributed by atoms with van der Waals surface area (Å²) < 4.78 is 5.70. The number of benzene rings is 1. The van der Waals surface area contributed by atoms with E-state index in [0.717, 1.165) is 12.4 Å². The molecule has 0 saturated carbocycles. The number of ether oxygens (including phenoxy) is 1. The lowest BCUT2D eigenvalue weighted by Gasteiger charge is -2.24. The molecule has 0 aliphatic carbocycles. The fraction of sp³-hybridized carbons (Fsp3) is 0.625. The van der Waals surface area contributed by atoms with Crippen molar-refractivity contribution in [1.29, 1.82) is 0 Å². The molecule has 1 aromatic rings. The molecular formula is C16H25NOS. The van der Waals surface area contributed by atoms with Gasteiger partial charge in [0, 0.05) is 23.7 Å². The molecule has 2 rings (SSSR count). The average molecular weight is 279 g/mol. The average Bonchev–Trinajstić information content (AvgIpc) is 2.92. The van der Waals surface area contributed by atoms with Gasteiger partial charge in [0.15, 0.2) is 0 Å². The van der Waals surface area contributed by atoms with E-state index in [-0.39, 0.29) is 0 Å². The Hall–Kier alpha value is -0.510. The van der Waals surface area contributed by atoms with Crippen LogP contribution in [0, 0.1) is 6.92 Å². The number of thioether (sulfide) groups is 1. The molecule has 1 saturated heterocycles. The van der Waals surface area contributed by atoms with Gasteiger partial charge in [0.1, 0.15) is 0 Å². The summed E-state index contributed by atoms with van der Waals surface area (Å²) >= 11 is 2.02. The van der Waals surface area contributed by atoms with Crippen LogP contribution in [0.25, 0.3) is 0 Å². The first-order chi connectivity index (χ1) is 9.20. The van der Waals surface area contributed by atoms with Crippen LogP contribution in [0.3, 0.4) is 0 Å². The lowest BCUT2D eigenvalue weighted by Crippen LogP contribution is -2.26. The molecular weight excluding hydrogens is 254 g/mol. The van der Waals surface area contributed by atoms with Crippen molar-refractivity contribution in [3.8, 4) is 0 Å².